The fraction of sp³-hybridized carbons (Fsp3) is 1.00. The first-order valence-electron chi connectivity index (χ1n) is 22.9. The Labute approximate surface area is 306 Å². The van der Waals surface area contributed by atoms with E-state index in [1.807, 2.05) is 0 Å². The van der Waals surface area contributed by atoms with Crippen molar-refractivity contribution in [3.63, 3.8) is 0 Å². The molecule has 0 aliphatic heterocycles. The van der Waals surface area contributed by atoms with Crippen molar-refractivity contribution in [1.29, 1.82) is 0 Å². The molecular formula is C46H96O2. The third-order valence-corrected chi connectivity index (χ3v) is 10.6. The van der Waals surface area contributed by atoms with Gasteiger partial charge in [-0.05, 0) is 18.8 Å². The predicted octanol–water partition coefficient (Wildman–Crippen LogP) is 16.2. The summed E-state index contributed by atoms with van der Waals surface area (Å²) >= 11 is 0. The SMILES string of the molecule is CCCCCCCCCCCCCCCCCCC(C)CO.CCCCCCCCCCCCCCCCCCCCCCCCCO. The molecule has 0 aromatic heterocycles. The summed E-state index contributed by atoms with van der Waals surface area (Å²) in [6, 6.07) is 0. The lowest BCUT2D eigenvalue weighted by atomic mass is 10.0. The first-order valence-corrected chi connectivity index (χ1v) is 22.9. The second-order valence-electron chi connectivity index (χ2n) is 15.9. The van der Waals surface area contributed by atoms with Crippen LogP contribution in [0.25, 0.3) is 0 Å². The minimum absolute atomic E-state index is 0.360. The summed E-state index contributed by atoms with van der Waals surface area (Å²) in [5.41, 5.74) is 0. The Morgan fingerprint density at radius 1 is 0.271 bits per heavy atom. The molecule has 2 nitrogen and oxygen atoms in total. The van der Waals surface area contributed by atoms with Crippen molar-refractivity contribution in [1.82, 2.24) is 0 Å². The molecule has 292 valence electrons. The van der Waals surface area contributed by atoms with Crippen LogP contribution in [0.5, 0.6) is 0 Å². The summed E-state index contributed by atoms with van der Waals surface area (Å²) in [5.74, 6) is 0.506. The maximum Gasteiger partial charge on any atom is 0.0456 e. The third-order valence-electron chi connectivity index (χ3n) is 10.6. The first kappa shape index (κ1) is 50.0. The fourth-order valence-electron chi connectivity index (χ4n) is 7.03. The van der Waals surface area contributed by atoms with Crippen LogP contribution in [0.4, 0.5) is 0 Å². The van der Waals surface area contributed by atoms with Gasteiger partial charge in [-0.15, -0.1) is 0 Å². The predicted molar refractivity (Wildman–Crippen MR) is 219 cm³/mol. The quantitative estimate of drug-likeness (QED) is 0.0631. The molecule has 0 aliphatic carbocycles. The molecule has 0 heterocycles. The van der Waals surface area contributed by atoms with Gasteiger partial charge in [0.2, 0.25) is 0 Å². The van der Waals surface area contributed by atoms with Crippen LogP contribution < -0.4 is 0 Å². The average molecular weight is 681 g/mol. The van der Waals surface area contributed by atoms with Crippen molar-refractivity contribution < 1.29 is 10.2 Å². The van der Waals surface area contributed by atoms with Gasteiger partial charge in [-0.25, -0.2) is 0 Å². The monoisotopic (exact) mass is 681 g/mol. The van der Waals surface area contributed by atoms with E-state index in [9.17, 15) is 0 Å². The number of unbranched alkanes of at least 4 members (excludes halogenated alkanes) is 37. The molecule has 2 heteroatoms. The fourth-order valence-corrected chi connectivity index (χ4v) is 7.03. The van der Waals surface area contributed by atoms with Crippen molar-refractivity contribution in [2.45, 2.75) is 278 Å². The molecule has 0 fully saturated rings. The largest absolute Gasteiger partial charge is 0.396 e. The Kier molecular flexibility index (Phi) is 51.1. The van der Waals surface area contributed by atoms with Crippen LogP contribution in [0.2, 0.25) is 0 Å². The summed E-state index contributed by atoms with van der Waals surface area (Å²) < 4.78 is 0. The Morgan fingerprint density at radius 3 is 0.646 bits per heavy atom. The zero-order valence-corrected chi connectivity index (χ0v) is 34.2. The van der Waals surface area contributed by atoms with E-state index >= 15 is 0 Å². The van der Waals surface area contributed by atoms with Gasteiger partial charge in [0.15, 0.2) is 0 Å². The molecule has 0 rings (SSSR count). The zero-order chi connectivity index (χ0) is 35.3. The van der Waals surface area contributed by atoms with Crippen molar-refractivity contribution in [2.75, 3.05) is 13.2 Å². The van der Waals surface area contributed by atoms with Crippen molar-refractivity contribution in [3.8, 4) is 0 Å². The van der Waals surface area contributed by atoms with Crippen LogP contribution in [-0.4, -0.2) is 23.4 Å². The molecule has 2 N–H and O–H groups in total. The summed E-state index contributed by atoms with van der Waals surface area (Å²) in [5, 5.41) is 17.7. The maximum atomic E-state index is 8.96. The van der Waals surface area contributed by atoms with Gasteiger partial charge < -0.3 is 10.2 Å². The second-order valence-corrected chi connectivity index (χ2v) is 15.9. The number of hydrogen-bond acceptors (Lipinski definition) is 2. The van der Waals surface area contributed by atoms with E-state index in [-0.39, 0.29) is 0 Å². The lowest BCUT2D eigenvalue weighted by Gasteiger charge is -2.07. The minimum atomic E-state index is 0.360. The topological polar surface area (TPSA) is 40.5 Å². The Balaban J connectivity index is 0. The molecule has 0 aromatic rings. The molecule has 0 amide bonds. The molecule has 1 unspecified atom stereocenters. The third kappa shape index (κ3) is 50.3. The van der Waals surface area contributed by atoms with Crippen molar-refractivity contribution in [3.05, 3.63) is 0 Å². The summed E-state index contributed by atoms with van der Waals surface area (Å²) in [4.78, 5) is 0. The molecule has 0 aromatic carbocycles. The number of aliphatic hydroxyl groups excluding tert-OH is 2. The van der Waals surface area contributed by atoms with Crippen LogP contribution in [0.15, 0.2) is 0 Å². The summed E-state index contributed by atoms with van der Waals surface area (Å²) in [7, 11) is 0. The lowest BCUT2D eigenvalue weighted by molar-refractivity contribution is 0.227. The van der Waals surface area contributed by atoms with Crippen LogP contribution in [0.3, 0.4) is 0 Å². The van der Waals surface area contributed by atoms with Gasteiger partial charge in [-0.3, -0.25) is 0 Å². The van der Waals surface area contributed by atoms with Gasteiger partial charge in [0.05, 0.1) is 0 Å². The van der Waals surface area contributed by atoms with Gasteiger partial charge >= 0.3 is 0 Å². The highest BCUT2D eigenvalue weighted by molar-refractivity contribution is 4.54. The Bertz CT molecular complexity index is 482. The van der Waals surface area contributed by atoms with Gasteiger partial charge in [-0.2, -0.15) is 0 Å². The van der Waals surface area contributed by atoms with Crippen LogP contribution >= 0.6 is 0 Å². The van der Waals surface area contributed by atoms with Gasteiger partial charge in [0.25, 0.3) is 0 Å². The first-order chi connectivity index (χ1) is 23.7. The molecule has 0 saturated heterocycles. The lowest BCUT2D eigenvalue weighted by Crippen LogP contribution is -1.99. The van der Waals surface area contributed by atoms with Crippen molar-refractivity contribution >= 4 is 0 Å². The molecule has 0 bridgehead atoms. The van der Waals surface area contributed by atoms with E-state index in [4.69, 9.17) is 10.2 Å². The van der Waals surface area contributed by atoms with Crippen molar-refractivity contribution in [2.24, 2.45) is 5.92 Å². The maximum absolute atomic E-state index is 8.96. The van der Waals surface area contributed by atoms with E-state index in [1.165, 1.54) is 250 Å². The Morgan fingerprint density at radius 2 is 0.458 bits per heavy atom. The molecule has 0 aliphatic rings. The normalized spacial score (nSPS) is 11.9. The highest BCUT2D eigenvalue weighted by atomic mass is 16.3. The van der Waals surface area contributed by atoms with Gasteiger partial charge in [-0.1, -0.05) is 265 Å². The van der Waals surface area contributed by atoms with E-state index in [0.717, 1.165) is 6.42 Å². The second kappa shape index (κ2) is 49.0. The standard InChI is InChI=1S/C25H52O.C21H44O/c1-2-3-4-5-6-7-8-9-10-11-12-13-14-15-16-17-18-19-20-21-22-23-24-25-26;1-3-4-5-6-7-8-9-10-11-12-13-14-15-16-17-18-19-21(2)20-22/h26H,2-25H2,1H3;21-22H,3-20H2,1-2H3. The molecular weight excluding hydrogens is 585 g/mol. The molecule has 48 heavy (non-hydrogen) atoms. The smallest absolute Gasteiger partial charge is 0.0456 e. The van der Waals surface area contributed by atoms with Crippen LogP contribution in [0.1, 0.15) is 278 Å². The molecule has 0 radical (unpaired) electrons. The van der Waals surface area contributed by atoms with E-state index < -0.39 is 0 Å². The number of aliphatic hydroxyl groups is 2. The average Bonchev–Trinajstić information content (AvgIpc) is 3.10. The zero-order valence-electron chi connectivity index (χ0n) is 34.2. The van der Waals surface area contributed by atoms with Gasteiger partial charge in [0.1, 0.15) is 0 Å². The molecule has 0 saturated carbocycles. The summed E-state index contributed by atoms with van der Waals surface area (Å²) in [6.45, 7) is 7.46. The number of hydrogen-bond donors (Lipinski definition) is 2. The van der Waals surface area contributed by atoms with E-state index in [0.29, 0.717) is 19.1 Å². The minimum Gasteiger partial charge on any atom is -0.396 e. The van der Waals surface area contributed by atoms with E-state index in [1.54, 1.807) is 0 Å². The van der Waals surface area contributed by atoms with Gasteiger partial charge in [0, 0.05) is 13.2 Å². The number of rotatable bonds is 41. The highest BCUT2D eigenvalue weighted by Crippen LogP contribution is 2.17. The molecule has 1 atom stereocenters. The van der Waals surface area contributed by atoms with Crippen LogP contribution in [-0.2, 0) is 0 Å². The van der Waals surface area contributed by atoms with E-state index in [2.05, 4.69) is 20.8 Å². The highest BCUT2D eigenvalue weighted by Gasteiger charge is 2.00. The Hall–Kier alpha value is -0.0800. The summed E-state index contributed by atoms with van der Waals surface area (Å²) in [6.07, 6.45) is 56.7. The van der Waals surface area contributed by atoms with Crippen LogP contribution in [0, 0.1) is 5.92 Å². The molecule has 0 spiro atoms.